The van der Waals surface area contributed by atoms with Gasteiger partial charge in [-0.05, 0) is 43.4 Å². The Morgan fingerprint density at radius 2 is 2.29 bits per heavy atom. The van der Waals surface area contributed by atoms with E-state index in [0.29, 0.717) is 5.82 Å². The molecular formula is C13H19N3O. The summed E-state index contributed by atoms with van der Waals surface area (Å²) in [6.45, 7) is 4.44. The Hall–Kier alpha value is -1.58. The van der Waals surface area contributed by atoms with E-state index < -0.39 is 0 Å². The van der Waals surface area contributed by atoms with E-state index in [1.165, 1.54) is 0 Å². The van der Waals surface area contributed by atoms with Crippen molar-refractivity contribution in [1.29, 1.82) is 0 Å². The highest BCUT2D eigenvalue weighted by Crippen LogP contribution is 2.31. The minimum atomic E-state index is 0.143. The Balaban J connectivity index is 2.29. The summed E-state index contributed by atoms with van der Waals surface area (Å²) in [7, 11) is 0. The number of nitrogens with zero attached hydrogens (tertiary/aromatic N) is 2. The van der Waals surface area contributed by atoms with Gasteiger partial charge < -0.3 is 10.6 Å². The summed E-state index contributed by atoms with van der Waals surface area (Å²) in [5.74, 6) is 0.711. The van der Waals surface area contributed by atoms with Crippen molar-refractivity contribution >= 4 is 11.7 Å². The summed E-state index contributed by atoms with van der Waals surface area (Å²) in [6.07, 6.45) is 5.08. The molecule has 17 heavy (non-hydrogen) atoms. The number of likely N-dealkylation sites (tertiary alicyclic amines) is 1. The van der Waals surface area contributed by atoms with Crippen molar-refractivity contribution in [2.24, 2.45) is 0 Å². The molecule has 1 aromatic rings. The number of anilines is 1. The predicted molar refractivity (Wildman–Crippen MR) is 67.4 cm³/mol. The van der Waals surface area contributed by atoms with Crippen LogP contribution in [-0.2, 0) is 4.79 Å². The van der Waals surface area contributed by atoms with Crippen LogP contribution >= 0.6 is 0 Å². The van der Waals surface area contributed by atoms with E-state index >= 15 is 0 Å². The Morgan fingerprint density at radius 3 is 2.94 bits per heavy atom. The number of carbonyl (C=O) groups excluding carboxylic acids is 1. The number of rotatable bonds is 1. The van der Waals surface area contributed by atoms with Crippen LogP contribution in [0.25, 0.3) is 0 Å². The average molecular weight is 233 g/mol. The monoisotopic (exact) mass is 233 g/mol. The van der Waals surface area contributed by atoms with Crippen molar-refractivity contribution < 1.29 is 4.79 Å². The maximum Gasteiger partial charge on any atom is 0.219 e. The van der Waals surface area contributed by atoms with Gasteiger partial charge in [0.15, 0.2) is 0 Å². The molecule has 0 saturated carbocycles. The first-order valence-electron chi connectivity index (χ1n) is 6.09. The van der Waals surface area contributed by atoms with Gasteiger partial charge in [0.25, 0.3) is 0 Å². The zero-order valence-corrected chi connectivity index (χ0v) is 10.4. The third-order valence-electron chi connectivity index (χ3n) is 3.43. The lowest BCUT2D eigenvalue weighted by molar-refractivity contribution is -0.132. The second-order valence-electron chi connectivity index (χ2n) is 4.69. The number of hydrogen-bond donors (Lipinski definition) is 1. The molecule has 0 bridgehead atoms. The quantitative estimate of drug-likeness (QED) is 0.807. The molecule has 1 atom stereocenters. The summed E-state index contributed by atoms with van der Waals surface area (Å²) in [5.41, 5.74) is 7.81. The fourth-order valence-corrected chi connectivity index (χ4v) is 2.44. The number of pyridine rings is 1. The molecular weight excluding hydrogens is 214 g/mol. The molecule has 2 N–H and O–H groups in total. The van der Waals surface area contributed by atoms with E-state index in [1.54, 1.807) is 13.1 Å². The Bertz CT molecular complexity index is 431. The third kappa shape index (κ3) is 2.40. The fraction of sp³-hybridized carbons (Fsp3) is 0.538. The lowest BCUT2D eigenvalue weighted by Gasteiger charge is -2.35. The molecule has 1 aliphatic heterocycles. The van der Waals surface area contributed by atoms with Gasteiger partial charge in [-0.15, -0.1) is 0 Å². The topological polar surface area (TPSA) is 59.2 Å². The SMILES string of the molecule is CC(=O)N1CCCCC1c1cnc(N)c(C)c1. The van der Waals surface area contributed by atoms with Crippen molar-refractivity contribution in [3.63, 3.8) is 0 Å². The van der Waals surface area contributed by atoms with Gasteiger partial charge in [0.05, 0.1) is 6.04 Å². The first kappa shape index (κ1) is 11.9. The molecule has 4 nitrogen and oxygen atoms in total. The van der Waals surface area contributed by atoms with Crippen LogP contribution in [0.2, 0.25) is 0 Å². The number of carbonyl (C=O) groups is 1. The highest BCUT2D eigenvalue weighted by Gasteiger charge is 2.26. The first-order chi connectivity index (χ1) is 8.09. The minimum absolute atomic E-state index is 0.143. The molecule has 0 aliphatic carbocycles. The van der Waals surface area contributed by atoms with Gasteiger partial charge in [-0.1, -0.05) is 0 Å². The summed E-state index contributed by atoms with van der Waals surface area (Å²) >= 11 is 0. The number of nitrogen functional groups attached to an aromatic ring is 1. The number of aryl methyl sites for hydroxylation is 1. The second-order valence-corrected chi connectivity index (χ2v) is 4.69. The van der Waals surface area contributed by atoms with Crippen LogP contribution in [0.15, 0.2) is 12.3 Å². The van der Waals surface area contributed by atoms with Crippen LogP contribution in [0, 0.1) is 6.92 Å². The number of nitrogens with two attached hydrogens (primary N) is 1. The van der Waals surface area contributed by atoms with E-state index in [-0.39, 0.29) is 11.9 Å². The van der Waals surface area contributed by atoms with Gasteiger partial charge in [0, 0.05) is 19.7 Å². The van der Waals surface area contributed by atoms with Crippen molar-refractivity contribution in [1.82, 2.24) is 9.88 Å². The molecule has 4 heteroatoms. The molecule has 1 aliphatic rings. The Morgan fingerprint density at radius 1 is 1.53 bits per heavy atom. The molecule has 0 radical (unpaired) electrons. The number of piperidine rings is 1. The van der Waals surface area contributed by atoms with Crippen molar-refractivity contribution in [2.75, 3.05) is 12.3 Å². The number of amides is 1. The highest BCUT2D eigenvalue weighted by molar-refractivity contribution is 5.74. The van der Waals surface area contributed by atoms with Gasteiger partial charge in [-0.2, -0.15) is 0 Å². The molecule has 1 unspecified atom stereocenters. The summed E-state index contributed by atoms with van der Waals surface area (Å²) < 4.78 is 0. The predicted octanol–water partition coefficient (Wildman–Crippen LogP) is 2.05. The normalized spacial score (nSPS) is 20.4. The van der Waals surface area contributed by atoms with Gasteiger partial charge >= 0.3 is 0 Å². The molecule has 0 spiro atoms. The smallest absolute Gasteiger partial charge is 0.219 e. The number of aromatic nitrogens is 1. The van der Waals surface area contributed by atoms with Gasteiger partial charge in [-0.3, -0.25) is 4.79 Å². The average Bonchev–Trinajstić information content (AvgIpc) is 2.32. The van der Waals surface area contributed by atoms with Crippen LogP contribution in [0.1, 0.15) is 43.4 Å². The van der Waals surface area contributed by atoms with Crippen molar-refractivity contribution in [3.05, 3.63) is 23.4 Å². The first-order valence-corrected chi connectivity index (χ1v) is 6.09. The molecule has 1 aromatic heterocycles. The molecule has 0 aromatic carbocycles. The van der Waals surface area contributed by atoms with Crippen LogP contribution in [-0.4, -0.2) is 22.3 Å². The largest absolute Gasteiger partial charge is 0.383 e. The lowest BCUT2D eigenvalue weighted by Crippen LogP contribution is -2.37. The van der Waals surface area contributed by atoms with E-state index in [2.05, 4.69) is 4.98 Å². The fourth-order valence-electron chi connectivity index (χ4n) is 2.44. The zero-order chi connectivity index (χ0) is 12.4. The Kier molecular flexibility index (Phi) is 3.31. The maximum atomic E-state index is 11.6. The van der Waals surface area contributed by atoms with E-state index in [1.807, 2.05) is 17.9 Å². The lowest BCUT2D eigenvalue weighted by atomic mass is 9.95. The second kappa shape index (κ2) is 4.73. The molecule has 1 amide bonds. The van der Waals surface area contributed by atoms with Crippen LogP contribution in [0.4, 0.5) is 5.82 Å². The highest BCUT2D eigenvalue weighted by atomic mass is 16.2. The molecule has 2 heterocycles. The Labute approximate surface area is 102 Å². The van der Waals surface area contributed by atoms with Gasteiger partial charge in [0.1, 0.15) is 5.82 Å². The third-order valence-corrected chi connectivity index (χ3v) is 3.43. The van der Waals surface area contributed by atoms with Crippen LogP contribution in [0.5, 0.6) is 0 Å². The molecule has 92 valence electrons. The summed E-state index contributed by atoms with van der Waals surface area (Å²) in [5, 5.41) is 0. The summed E-state index contributed by atoms with van der Waals surface area (Å²) in [6, 6.07) is 2.22. The van der Waals surface area contributed by atoms with Gasteiger partial charge in [0.2, 0.25) is 5.91 Å². The van der Waals surface area contributed by atoms with Crippen molar-refractivity contribution in [2.45, 2.75) is 39.2 Å². The number of hydrogen-bond acceptors (Lipinski definition) is 3. The van der Waals surface area contributed by atoms with E-state index in [4.69, 9.17) is 5.73 Å². The summed E-state index contributed by atoms with van der Waals surface area (Å²) in [4.78, 5) is 17.7. The minimum Gasteiger partial charge on any atom is -0.383 e. The maximum absolute atomic E-state index is 11.6. The van der Waals surface area contributed by atoms with Crippen LogP contribution < -0.4 is 5.73 Å². The van der Waals surface area contributed by atoms with E-state index in [9.17, 15) is 4.79 Å². The molecule has 2 rings (SSSR count). The zero-order valence-electron chi connectivity index (χ0n) is 10.4. The van der Waals surface area contributed by atoms with Gasteiger partial charge in [-0.25, -0.2) is 4.98 Å². The molecule has 1 fully saturated rings. The van der Waals surface area contributed by atoms with Crippen LogP contribution in [0.3, 0.4) is 0 Å². The van der Waals surface area contributed by atoms with Crippen molar-refractivity contribution in [3.8, 4) is 0 Å². The van der Waals surface area contributed by atoms with E-state index in [0.717, 1.165) is 36.9 Å². The molecule has 1 saturated heterocycles. The standard InChI is InChI=1S/C13H19N3O/c1-9-7-11(8-15-13(9)14)12-5-3-4-6-16(12)10(2)17/h7-8,12H,3-6H2,1-2H3,(H2,14,15).